The number of benzene rings is 1. The van der Waals surface area contributed by atoms with E-state index < -0.39 is 6.55 Å². The van der Waals surface area contributed by atoms with Crippen molar-refractivity contribution in [1.82, 2.24) is 14.5 Å². The summed E-state index contributed by atoms with van der Waals surface area (Å²) in [5, 5.41) is 0. The third-order valence-corrected chi connectivity index (χ3v) is 3.35. The molecule has 2 heterocycles. The smallest absolute Gasteiger partial charge is 0.320 e. The van der Waals surface area contributed by atoms with E-state index >= 15 is 0 Å². The molecule has 0 aliphatic heterocycles. The Morgan fingerprint density at radius 3 is 2.50 bits per heavy atom. The number of methoxy groups -OCH3 is 2. The Kier molecular flexibility index (Phi) is 3.62. The third-order valence-electron chi connectivity index (χ3n) is 3.35. The summed E-state index contributed by atoms with van der Waals surface area (Å²) in [6.07, 6.45) is 2.50. The van der Waals surface area contributed by atoms with Gasteiger partial charge >= 0.3 is 6.55 Å². The molecule has 7 heteroatoms. The van der Waals surface area contributed by atoms with Gasteiger partial charge in [0.1, 0.15) is 6.33 Å². The molecule has 0 unspecified atom stereocenters. The van der Waals surface area contributed by atoms with Crippen LogP contribution in [-0.2, 0) is 0 Å². The Morgan fingerprint density at radius 1 is 1.05 bits per heavy atom. The average Bonchev–Trinajstić information content (AvgIpc) is 2.97. The lowest BCUT2D eigenvalue weighted by atomic mass is 10.1. The van der Waals surface area contributed by atoms with Gasteiger partial charge in [-0.3, -0.25) is 9.55 Å². The Labute approximate surface area is 125 Å². The number of hydrogen-bond donors (Lipinski definition) is 0. The molecule has 0 fully saturated rings. The number of pyridine rings is 1. The van der Waals surface area contributed by atoms with Gasteiger partial charge in [-0.05, 0) is 24.3 Å². The minimum Gasteiger partial charge on any atom is -0.493 e. The molecule has 22 heavy (non-hydrogen) atoms. The minimum atomic E-state index is -2.64. The summed E-state index contributed by atoms with van der Waals surface area (Å²) in [4.78, 5) is 8.22. The zero-order chi connectivity index (χ0) is 15.7. The molecule has 0 amide bonds. The molecule has 1 aromatic carbocycles. The molecule has 0 bridgehead atoms. The number of hydrogen-bond acceptors (Lipinski definition) is 4. The van der Waals surface area contributed by atoms with Crippen molar-refractivity contribution >= 4 is 11.0 Å². The molecule has 0 atom stereocenters. The maximum absolute atomic E-state index is 12.8. The van der Waals surface area contributed by atoms with Crippen molar-refractivity contribution in [3.63, 3.8) is 0 Å². The zero-order valence-corrected chi connectivity index (χ0v) is 12.0. The van der Waals surface area contributed by atoms with Crippen LogP contribution in [0.4, 0.5) is 8.78 Å². The standard InChI is InChI=1S/C15H13F2N3O2/c1-21-13-4-3-9(5-14(13)22-2)10-6-11-12(7-18-10)20(8-19-11)15(16)17/h3-8,15H,1-2H3. The predicted molar refractivity (Wildman–Crippen MR) is 77.3 cm³/mol. The summed E-state index contributed by atoms with van der Waals surface area (Å²) >= 11 is 0. The summed E-state index contributed by atoms with van der Waals surface area (Å²) in [6, 6.07) is 7.02. The van der Waals surface area contributed by atoms with Crippen molar-refractivity contribution in [1.29, 1.82) is 0 Å². The first-order valence-electron chi connectivity index (χ1n) is 6.47. The van der Waals surface area contributed by atoms with E-state index in [1.165, 1.54) is 6.20 Å². The van der Waals surface area contributed by atoms with Gasteiger partial charge in [-0.1, -0.05) is 0 Å². The van der Waals surface area contributed by atoms with Crippen molar-refractivity contribution in [3.8, 4) is 22.8 Å². The maximum Gasteiger partial charge on any atom is 0.320 e. The van der Waals surface area contributed by atoms with Crippen LogP contribution in [0.3, 0.4) is 0 Å². The van der Waals surface area contributed by atoms with Crippen LogP contribution >= 0.6 is 0 Å². The van der Waals surface area contributed by atoms with Gasteiger partial charge in [0.25, 0.3) is 0 Å². The fourth-order valence-electron chi connectivity index (χ4n) is 2.24. The molecule has 0 aliphatic carbocycles. The van der Waals surface area contributed by atoms with Crippen LogP contribution in [0.15, 0.2) is 36.8 Å². The summed E-state index contributed by atoms with van der Waals surface area (Å²) in [7, 11) is 3.10. The summed E-state index contributed by atoms with van der Waals surface area (Å²) < 4.78 is 36.8. The van der Waals surface area contributed by atoms with Crippen LogP contribution in [0.1, 0.15) is 6.55 Å². The first-order valence-corrected chi connectivity index (χ1v) is 6.47. The van der Waals surface area contributed by atoms with E-state index in [-0.39, 0.29) is 0 Å². The van der Waals surface area contributed by atoms with Crippen LogP contribution < -0.4 is 9.47 Å². The molecule has 0 radical (unpaired) electrons. The number of aromatic nitrogens is 3. The highest BCUT2D eigenvalue weighted by atomic mass is 19.3. The van der Waals surface area contributed by atoms with Crippen molar-refractivity contribution in [2.24, 2.45) is 0 Å². The first-order chi connectivity index (χ1) is 10.6. The Morgan fingerprint density at radius 2 is 1.82 bits per heavy atom. The van der Waals surface area contributed by atoms with Crippen LogP contribution in [-0.4, -0.2) is 28.8 Å². The average molecular weight is 305 g/mol. The fourth-order valence-corrected chi connectivity index (χ4v) is 2.24. The molecule has 114 valence electrons. The number of alkyl halides is 2. The van der Waals surface area contributed by atoms with E-state index in [1.54, 1.807) is 32.4 Å². The van der Waals surface area contributed by atoms with Crippen molar-refractivity contribution < 1.29 is 18.3 Å². The van der Waals surface area contributed by atoms with E-state index in [0.717, 1.165) is 16.5 Å². The Hall–Kier alpha value is -2.70. The molecule has 0 saturated carbocycles. The second-order valence-electron chi connectivity index (χ2n) is 4.56. The summed E-state index contributed by atoms with van der Waals surface area (Å²) in [5.41, 5.74) is 2.15. The van der Waals surface area contributed by atoms with E-state index in [4.69, 9.17) is 9.47 Å². The molecule has 0 aliphatic rings. The second-order valence-corrected chi connectivity index (χ2v) is 4.56. The molecule has 2 aromatic heterocycles. The lowest BCUT2D eigenvalue weighted by Gasteiger charge is -2.09. The van der Waals surface area contributed by atoms with Crippen molar-refractivity contribution in [2.45, 2.75) is 6.55 Å². The maximum atomic E-state index is 12.8. The summed E-state index contributed by atoms with van der Waals surface area (Å²) in [5.74, 6) is 1.18. The molecule has 0 spiro atoms. The predicted octanol–water partition coefficient (Wildman–Crippen LogP) is 3.51. The van der Waals surface area contributed by atoms with Crippen molar-refractivity contribution in [2.75, 3.05) is 14.2 Å². The highest BCUT2D eigenvalue weighted by Gasteiger charge is 2.13. The fraction of sp³-hybridized carbons (Fsp3) is 0.200. The molecule has 0 saturated heterocycles. The van der Waals surface area contributed by atoms with Gasteiger partial charge in [0.15, 0.2) is 11.5 Å². The SMILES string of the molecule is COc1ccc(-c2cc3ncn(C(F)F)c3cn2)cc1OC. The highest BCUT2D eigenvalue weighted by molar-refractivity contribution is 5.79. The van der Waals surface area contributed by atoms with Crippen molar-refractivity contribution in [3.05, 3.63) is 36.8 Å². The second kappa shape index (κ2) is 5.59. The number of rotatable bonds is 4. The van der Waals surface area contributed by atoms with E-state index in [1.807, 2.05) is 6.07 Å². The number of nitrogens with zero attached hydrogens (tertiary/aromatic N) is 3. The van der Waals surface area contributed by atoms with Gasteiger partial charge in [0, 0.05) is 5.56 Å². The lowest BCUT2D eigenvalue weighted by Crippen LogP contribution is -1.96. The van der Waals surface area contributed by atoms with E-state index in [9.17, 15) is 8.78 Å². The third kappa shape index (κ3) is 2.34. The molecular weight excluding hydrogens is 292 g/mol. The minimum absolute atomic E-state index is 0.291. The largest absolute Gasteiger partial charge is 0.493 e. The highest BCUT2D eigenvalue weighted by Crippen LogP contribution is 2.32. The van der Waals surface area contributed by atoms with Gasteiger partial charge in [-0.2, -0.15) is 8.78 Å². The normalized spacial score (nSPS) is 11.1. The van der Waals surface area contributed by atoms with Crippen LogP contribution in [0.2, 0.25) is 0 Å². The Balaban J connectivity index is 2.07. The molecule has 0 N–H and O–H groups in total. The topological polar surface area (TPSA) is 49.2 Å². The number of halogens is 2. The van der Waals surface area contributed by atoms with Crippen LogP contribution in [0, 0.1) is 0 Å². The Bertz CT molecular complexity index is 818. The van der Waals surface area contributed by atoms with Crippen LogP contribution in [0.5, 0.6) is 11.5 Å². The molecular formula is C15H13F2N3O2. The molecule has 3 aromatic rings. The first kappa shape index (κ1) is 14.2. The lowest BCUT2D eigenvalue weighted by molar-refractivity contribution is 0.0745. The van der Waals surface area contributed by atoms with Gasteiger partial charge in [-0.15, -0.1) is 0 Å². The number of imidazole rings is 1. The van der Waals surface area contributed by atoms with Gasteiger partial charge in [-0.25, -0.2) is 4.98 Å². The molecule has 5 nitrogen and oxygen atoms in total. The van der Waals surface area contributed by atoms with E-state index in [2.05, 4.69) is 9.97 Å². The number of fused-ring (bicyclic) bond motifs is 1. The van der Waals surface area contributed by atoms with E-state index in [0.29, 0.717) is 28.2 Å². The quantitative estimate of drug-likeness (QED) is 0.740. The number of ether oxygens (including phenoxy) is 2. The van der Waals surface area contributed by atoms with Gasteiger partial charge in [0.05, 0.1) is 37.1 Å². The monoisotopic (exact) mass is 305 g/mol. The van der Waals surface area contributed by atoms with Gasteiger partial charge < -0.3 is 9.47 Å². The summed E-state index contributed by atoms with van der Waals surface area (Å²) in [6.45, 7) is -2.64. The van der Waals surface area contributed by atoms with Crippen LogP contribution in [0.25, 0.3) is 22.3 Å². The zero-order valence-electron chi connectivity index (χ0n) is 12.0. The molecule has 3 rings (SSSR count). The van der Waals surface area contributed by atoms with Gasteiger partial charge in [0.2, 0.25) is 0 Å².